The Morgan fingerprint density at radius 1 is 1.35 bits per heavy atom. The van der Waals surface area contributed by atoms with Gasteiger partial charge >= 0.3 is 0 Å². The lowest BCUT2D eigenvalue weighted by Gasteiger charge is -2.52. The number of para-hydroxylation sites is 1. The SMILES string of the molecule is CCC1(CC)C(Cl)CC1Oc1ccccc1F. The maximum absolute atomic E-state index is 13.5. The minimum atomic E-state index is -0.299. The van der Waals surface area contributed by atoms with Gasteiger partial charge in [0.05, 0.1) is 0 Å². The van der Waals surface area contributed by atoms with Crippen LogP contribution in [0.15, 0.2) is 24.3 Å². The van der Waals surface area contributed by atoms with E-state index in [0.29, 0.717) is 5.75 Å². The van der Waals surface area contributed by atoms with Gasteiger partial charge in [-0.3, -0.25) is 0 Å². The summed E-state index contributed by atoms with van der Waals surface area (Å²) in [5.41, 5.74) is 0.00381. The molecule has 94 valence electrons. The Labute approximate surface area is 107 Å². The fourth-order valence-corrected chi connectivity index (χ4v) is 3.32. The molecule has 1 aliphatic rings. The number of hydrogen-bond donors (Lipinski definition) is 0. The third-order valence-electron chi connectivity index (χ3n) is 4.11. The summed E-state index contributed by atoms with van der Waals surface area (Å²) in [7, 11) is 0. The van der Waals surface area contributed by atoms with Crippen molar-refractivity contribution in [3.05, 3.63) is 30.1 Å². The van der Waals surface area contributed by atoms with Crippen molar-refractivity contribution < 1.29 is 9.13 Å². The molecular formula is C14H18ClFO. The Morgan fingerprint density at radius 2 is 2.00 bits per heavy atom. The van der Waals surface area contributed by atoms with Crippen molar-refractivity contribution in [2.75, 3.05) is 0 Å². The van der Waals surface area contributed by atoms with Crippen molar-refractivity contribution in [1.82, 2.24) is 0 Å². The minimum Gasteiger partial charge on any atom is -0.487 e. The standard InChI is InChI=1S/C14H18ClFO/c1-3-14(4-2)12(15)9-13(14)17-11-8-6-5-7-10(11)16/h5-8,12-13H,3-4,9H2,1-2H3. The van der Waals surface area contributed by atoms with Gasteiger partial charge < -0.3 is 4.74 Å². The van der Waals surface area contributed by atoms with E-state index >= 15 is 0 Å². The Morgan fingerprint density at radius 3 is 2.53 bits per heavy atom. The van der Waals surface area contributed by atoms with Crippen LogP contribution < -0.4 is 4.74 Å². The molecule has 1 fully saturated rings. The number of ether oxygens (including phenoxy) is 1. The molecule has 1 aliphatic carbocycles. The molecule has 1 aromatic rings. The van der Waals surface area contributed by atoms with Crippen molar-refractivity contribution in [2.24, 2.45) is 5.41 Å². The highest BCUT2D eigenvalue weighted by molar-refractivity contribution is 6.21. The van der Waals surface area contributed by atoms with Crippen LogP contribution in [0.2, 0.25) is 0 Å². The molecular weight excluding hydrogens is 239 g/mol. The molecule has 2 rings (SSSR count). The first-order chi connectivity index (χ1) is 8.14. The van der Waals surface area contributed by atoms with E-state index in [1.807, 2.05) is 0 Å². The van der Waals surface area contributed by atoms with Gasteiger partial charge in [-0.25, -0.2) is 4.39 Å². The van der Waals surface area contributed by atoms with E-state index in [4.69, 9.17) is 16.3 Å². The highest BCUT2D eigenvalue weighted by Crippen LogP contribution is 2.51. The van der Waals surface area contributed by atoms with Crippen molar-refractivity contribution in [3.63, 3.8) is 0 Å². The summed E-state index contributed by atoms with van der Waals surface area (Å²) in [6.07, 6.45) is 2.78. The third-order valence-corrected chi connectivity index (χ3v) is 4.72. The molecule has 2 atom stereocenters. The Kier molecular flexibility index (Phi) is 3.62. The summed E-state index contributed by atoms with van der Waals surface area (Å²) in [4.78, 5) is 0. The Hall–Kier alpha value is -0.760. The number of alkyl halides is 1. The zero-order valence-corrected chi connectivity index (χ0v) is 11.0. The lowest BCUT2D eigenvalue weighted by molar-refractivity contribution is -0.0480. The van der Waals surface area contributed by atoms with Crippen molar-refractivity contribution in [1.29, 1.82) is 0 Å². The highest BCUT2D eigenvalue weighted by Gasteiger charge is 2.53. The van der Waals surface area contributed by atoms with Crippen LogP contribution in [0.3, 0.4) is 0 Å². The van der Waals surface area contributed by atoms with Crippen LogP contribution in [-0.2, 0) is 0 Å². The second-order valence-electron chi connectivity index (χ2n) is 4.68. The van der Waals surface area contributed by atoms with E-state index < -0.39 is 0 Å². The summed E-state index contributed by atoms with van der Waals surface area (Å²) in [5, 5.41) is 0.147. The van der Waals surface area contributed by atoms with Gasteiger partial charge in [0.25, 0.3) is 0 Å². The molecule has 3 heteroatoms. The second kappa shape index (κ2) is 4.85. The summed E-state index contributed by atoms with van der Waals surface area (Å²) in [6.45, 7) is 4.24. The molecule has 0 aromatic heterocycles. The zero-order chi connectivity index (χ0) is 12.5. The van der Waals surface area contributed by atoms with Gasteiger partial charge in [0.15, 0.2) is 11.6 Å². The summed E-state index contributed by atoms with van der Waals surface area (Å²) < 4.78 is 19.3. The van der Waals surface area contributed by atoms with Crippen LogP contribution >= 0.6 is 11.6 Å². The predicted molar refractivity (Wildman–Crippen MR) is 68.1 cm³/mol. The normalized spacial score (nSPS) is 26.4. The van der Waals surface area contributed by atoms with E-state index in [-0.39, 0.29) is 22.7 Å². The fraction of sp³-hybridized carbons (Fsp3) is 0.571. The molecule has 0 bridgehead atoms. The minimum absolute atomic E-state index is 0.00381. The molecule has 2 unspecified atom stereocenters. The van der Waals surface area contributed by atoms with E-state index in [9.17, 15) is 4.39 Å². The smallest absolute Gasteiger partial charge is 0.165 e. The van der Waals surface area contributed by atoms with Crippen LogP contribution in [0.25, 0.3) is 0 Å². The number of halogens is 2. The summed E-state index contributed by atoms with van der Waals surface area (Å²) in [5.74, 6) is 0.0407. The zero-order valence-electron chi connectivity index (χ0n) is 10.2. The largest absolute Gasteiger partial charge is 0.487 e. The average Bonchev–Trinajstić information content (AvgIpc) is 2.33. The maximum Gasteiger partial charge on any atom is 0.165 e. The second-order valence-corrected chi connectivity index (χ2v) is 5.21. The molecule has 0 spiro atoms. The van der Waals surface area contributed by atoms with Gasteiger partial charge in [0.2, 0.25) is 0 Å². The molecule has 0 radical (unpaired) electrons. The van der Waals surface area contributed by atoms with E-state index in [2.05, 4.69) is 13.8 Å². The van der Waals surface area contributed by atoms with Crippen LogP contribution in [0.5, 0.6) is 5.75 Å². The van der Waals surface area contributed by atoms with Crippen LogP contribution in [0, 0.1) is 11.2 Å². The lowest BCUT2D eigenvalue weighted by Crippen LogP contribution is -2.56. The van der Waals surface area contributed by atoms with Gasteiger partial charge in [-0.05, 0) is 25.0 Å². The number of benzene rings is 1. The fourth-order valence-electron chi connectivity index (χ4n) is 2.71. The van der Waals surface area contributed by atoms with Crippen LogP contribution in [0.4, 0.5) is 4.39 Å². The van der Waals surface area contributed by atoms with Crippen molar-refractivity contribution >= 4 is 11.6 Å². The average molecular weight is 257 g/mol. The quantitative estimate of drug-likeness (QED) is 0.726. The van der Waals surface area contributed by atoms with Crippen molar-refractivity contribution in [3.8, 4) is 5.75 Å². The van der Waals surface area contributed by atoms with Gasteiger partial charge in [0.1, 0.15) is 6.10 Å². The monoisotopic (exact) mass is 256 g/mol. The first-order valence-electron chi connectivity index (χ1n) is 6.19. The van der Waals surface area contributed by atoms with E-state index in [1.165, 1.54) is 6.07 Å². The van der Waals surface area contributed by atoms with Crippen molar-refractivity contribution in [2.45, 2.75) is 44.6 Å². The molecule has 0 N–H and O–H groups in total. The van der Waals surface area contributed by atoms with Crippen LogP contribution in [-0.4, -0.2) is 11.5 Å². The summed E-state index contributed by atoms with van der Waals surface area (Å²) in [6, 6.07) is 6.55. The molecule has 1 nitrogen and oxygen atoms in total. The highest BCUT2D eigenvalue weighted by atomic mass is 35.5. The molecule has 1 saturated carbocycles. The maximum atomic E-state index is 13.5. The van der Waals surface area contributed by atoms with Gasteiger partial charge in [-0.15, -0.1) is 11.6 Å². The topological polar surface area (TPSA) is 9.23 Å². The first-order valence-corrected chi connectivity index (χ1v) is 6.63. The van der Waals surface area contributed by atoms with Gasteiger partial charge in [-0.1, -0.05) is 26.0 Å². The molecule has 0 heterocycles. The summed E-state index contributed by atoms with van der Waals surface area (Å²) >= 11 is 6.30. The molecule has 0 amide bonds. The molecule has 0 saturated heterocycles. The Balaban J connectivity index is 2.13. The Bertz CT molecular complexity index is 390. The molecule has 1 aromatic carbocycles. The molecule has 17 heavy (non-hydrogen) atoms. The third kappa shape index (κ3) is 2.03. The van der Waals surface area contributed by atoms with Crippen LogP contribution in [0.1, 0.15) is 33.1 Å². The van der Waals surface area contributed by atoms with E-state index in [1.54, 1.807) is 18.2 Å². The van der Waals surface area contributed by atoms with Gasteiger partial charge in [-0.2, -0.15) is 0 Å². The number of hydrogen-bond acceptors (Lipinski definition) is 1. The van der Waals surface area contributed by atoms with E-state index in [0.717, 1.165) is 19.3 Å². The molecule has 0 aliphatic heterocycles. The number of rotatable bonds is 4. The first kappa shape index (κ1) is 12.7. The lowest BCUT2D eigenvalue weighted by atomic mass is 9.62. The van der Waals surface area contributed by atoms with Gasteiger partial charge in [0, 0.05) is 17.2 Å². The predicted octanol–water partition coefficient (Wildman–Crippen LogP) is 4.39.